The standard InChI is InChI=1S/C23H20N4O2/c1-14-20(21(27-29-14)15-5-3-2-4-6-15)19-13-24-22(26-19)16-7-9-17(10-8-16)23(28)25-18-11-12-18/h2-10,13,18H,11-12H2,1H3,(H,24,26)(H,25,28). The van der Waals surface area contributed by atoms with Crippen LogP contribution >= 0.6 is 0 Å². The van der Waals surface area contributed by atoms with Gasteiger partial charge in [0, 0.05) is 22.7 Å². The van der Waals surface area contributed by atoms with E-state index in [0.717, 1.165) is 52.5 Å². The number of aryl methyl sites for hydroxylation is 1. The molecule has 0 aliphatic heterocycles. The van der Waals surface area contributed by atoms with E-state index in [0.29, 0.717) is 11.6 Å². The van der Waals surface area contributed by atoms with Crippen LogP contribution in [0.2, 0.25) is 0 Å². The van der Waals surface area contributed by atoms with Crippen LogP contribution in [0.15, 0.2) is 65.3 Å². The van der Waals surface area contributed by atoms with Crippen LogP contribution in [-0.4, -0.2) is 27.1 Å². The van der Waals surface area contributed by atoms with E-state index in [4.69, 9.17) is 4.52 Å². The molecular formula is C23H20N4O2. The Bertz CT molecular complexity index is 1160. The molecule has 2 aromatic heterocycles. The number of benzene rings is 2. The second kappa shape index (κ2) is 7.05. The molecule has 1 fully saturated rings. The molecular weight excluding hydrogens is 364 g/mol. The molecule has 0 unspecified atom stereocenters. The summed E-state index contributed by atoms with van der Waals surface area (Å²) >= 11 is 0. The van der Waals surface area contributed by atoms with Crippen LogP contribution in [0.4, 0.5) is 0 Å². The molecule has 6 nitrogen and oxygen atoms in total. The summed E-state index contributed by atoms with van der Waals surface area (Å²) in [5, 5.41) is 7.24. The lowest BCUT2D eigenvalue weighted by molar-refractivity contribution is 0.0951. The van der Waals surface area contributed by atoms with Gasteiger partial charge in [-0.25, -0.2) is 4.98 Å². The van der Waals surface area contributed by atoms with E-state index in [-0.39, 0.29) is 5.91 Å². The van der Waals surface area contributed by atoms with Gasteiger partial charge < -0.3 is 14.8 Å². The Hall–Kier alpha value is -3.67. The SMILES string of the molecule is Cc1onc(-c2ccccc2)c1-c1cnc(-c2ccc(C(=O)NC3CC3)cc2)[nH]1. The molecule has 2 aromatic carbocycles. The summed E-state index contributed by atoms with van der Waals surface area (Å²) in [6, 6.07) is 17.7. The average molecular weight is 384 g/mol. The van der Waals surface area contributed by atoms with Crippen molar-refractivity contribution in [3.63, 3.8) is 0 Å². The number of nitrogens with one attached hydrogen (secondary N) is 2. The molecule has 2 N–H and O–H groups in total. The van der Waals surface area contributed by atoms with Crippen molar-refractivity contribution in [2.75, 3.05) is 0 Å². The fraction of sp³-hybridized carbons (Fsp3) is 0.174. The number of nitrogens with zero attached hydrogens (tertiary/aromatic N) is 2. The molecule has 1 aliphatic rings. The number of carbonyl (C=O) groups excluding carboxylic acids is 1. The highest BCUT2D eigenvalue weighted by Gasteiger charge is 2.24. The Balaban J connectivity index is 1.43. The minimum absolute atomic E-state index is 0.0215. The maximum atomic E-state index is 12.2. The number of rotatable bonds is 5. The van der Waals surface area contributed by atoms with Crippen LogP contribution in [-0.2, 0) is 0 Å². The third kappa shape index (κ3) is 3.45. The minimum atomic E-state index is -0.0215. The van der Waals surface area contributed by atoms with E-state index in [2.05, 4.69) is 20.4 Å². The first-order chi connectivity index (χ1) is 14.2. The second-order valence-electron chi connectivity index (χ2n) is 7.30. The highest BCUT2D eigenvalue weighted by molar-refractivity contribution is 5.95. The number of hydrogen-bond donors (Lipinski definition) is 2. The lowest BCUT2D eigenvalue weighted by Gasteiger charge is -2.04. The quantitative estimate of drug-likeness (QED) is 0.527. The van der Waals surface area contributed by atoms with Crippen LogP contribution in [0.3, 0.4) is 0 Å². The summed E-state index contributed by atoms with van der Waals surface area (Å²) < 4.78 is 5.46. The molecule has 144 valence electrons. The molecule has 6 heteroatoms. The Kier molecular flexibility index (Phi) is 4.24. The number of imidazole rings is 1. The molecule has 0 saturated heterocycles. The number of hydrogen-bond acceptors (Lipinski definition) is 4. The first kappa shape index (κ1) is 17.4. The summed E-state index contributed by atoms with van der Waals surface area (Å²) in [4.78, 5) is 20.0. The van der Waals surface area contributed by atoms with Crippen molar-refractivity contribution in [2.24, 2.45) is 0 Å². The maximum absolute atomic E-state index is 12.2. The van der Waals surface area contributed by atoms with Gasteiger partial charge in [-0.3, -0.25) is 4.79 Å². The third-order valence-corrected chi connectivity index (χ3v) is 5.09. The fourth-order valence-corrected chi connectivity index (χ4v) is 3.35. The highest BCUT2D eigenvalue weighted by Crippen LogP contribution is 2.34. The van der Waals surface area contributed by atoms with Gasteiger partial charge >= 0.3 is 0 Å². The first-order valence-corrected chi connectivity index (χ1v) is 9.67. The Labute approximate surface area is 168 Å². The zero-order valence-electron chi connectivity index (χ0n) is 16.0. The van der Waals surface area contributed by atoms with Crippen molar-refractivity contribution < 1.29 is 9.32 Å². The largest absolute Gasteiger partial charge is 0.360 e. The van der Waals surface area contributed by atoms with E-state index in [9.17, 15) is 4.79 Å². The maximum Gasteiger partial charge on any atom is 0.251 e. The normalized spacial score (nSPS) is 13.4. The number of H-pyrrole nitrogens is 1. The van der Waals surface area contributed by atoms with Gasteiger partial charge in [-0.1, -0.05) is 47.6 Å². The summed E-state index contributed by atoms with van der Waals surface area (Å²) in [5.41, 5.74) is 5.08. The van der Waals surface area contributed by atoms with E-state index >= 15 is 0 Å². The molecule has 5 rings (SSSR count). The van der Waals surface area contributed by atoms with Gasteiger partial charge in [0.25, 0.3) is 5.91 Å². The topological polar surface area (TPSA) is 83.8 Å². The van der Waals surface area contributed by atoms with E-state index in [1.165, 1.54) is 0 Å². The van der Waals surface area contributed by atoms with E-state index in [1.807, 2.05) is 61.5 Å². The number of carbonyl (C=O) groups is 1. The van der Waals surface area contributed by atoms with Crippen LogP contribution in [0.1, 0.15) is 29.0 Å². The fourth-order valence-electron chi connectivity index (χ4n) is 3.35. The van der Waals surface area contributed by atoms with Crippen LogP contribution in [0, 0.1) is 6.92 Å². The molecule has 0 atom stereocenters. The van der Waals surface area contributed by atoms with Crippen LogP contribution in [0.5, 0.6) is 0 Å². The van der Waals surface area contributed by atoms with Gasteiger partial charge in [0.05, 0.1) is 17.5 Å². The number of aromatic amines is 1. The van der Waals surface area contributed by atoms with Crippen molar-refractivity contribution in [1.29, 1.82) is 0 Å². The van der Waals surface area contributed by atoms with Crippen molar-refractivity contribution >= 4 is 5.91 Å². The molecule has 1 aliphatic carbocycles. The smallest absolute Gasteiger partial charge is 0.251 e. The van der Waals surface area contributed by atoms with Gasteiger partial charge in [-0.2, -0.15) is 0 Å². The van der Waals surface area contributed by atoms with Crippen molar-refractivity contribution in [2.45, 2.75) is 25.8 Å². The summed E-state index contributed by atoms with van der Waals surface area (Å²) in [5.74, 6) is 1.44. The van der Waals surface area contributed by atoms with Gasteiger partial charge in [0.1, 0.15) is 17.3 Å². The van der Waals surface area contributed by atoms with E-state index < -0.39 is 0 Å². The van der Waals surface area contributed by atoms with Crippen molar-refractivity contribution in [3.05, 3.63) is 72.1 Å². The summed E-state index contributed by atoms with van der Waals surface area (Å²) in [7, 11) is 0. The predicted octanol–water partition coefficient (Wildman–Crippen LogP) is 4.60. The van der Waals surface area contributed by atoms with E-state index in [1.54, 1.807) is 6.20 Å². The molecule has 29 heavy (non-hydrogen) atoms. The van der Waals surface area contributed by atoms with Crippen LogP contribution < -0.4 is 5.32 Å². The van der Waals surface area contributed by atoms with Gasteiger partial charge in [0.15, 0.2) is 0 Å². The Morgan fingerprint density at radius 3 is 2.55 bits per heavy atom. The highest BCUT2D eigenvalue weighted by atomic mass is 16.5. The lowest BCUT2D eigenvalue weighted by Crippen LogP contribution is -2.25. The van der Waals surface area contributed by atoms with Gasteiger partial charge in [-0.15, -0.1) is 0 Å². The molecule has 1 amide bonds. The molecule has 2 heterocycles. The lowest BCUT2D eigenvalue weighted by atomic mass is 10.0. The monoisotopic (exact) mass is 384 g/mol. The molecule has 1 saturated carbocycles. The van der Waals surface area contributed by atoms with Gasteiger partial charge in [-0.05, 0) is 31.9 Å². The molecule has 0 radical (unpaired) electrons. The minimum Gasteiger partial charge on any atom is -0.360 e. The van der Waals surface area contributed by atoms with Gasteiger partial charge in [0.2, 0.25) is 0 Å². The zero-order valence-corrected chi connectivity index (χ0v) is 16.0. The van der Waals surface area contributed by atoms with Crippen molar-refractivity contribution in [1.82, 2.24) is 20.4 Å². The molecule has 0 bridgehead atoms. The summed E-state index contributed by atoms with van der Waals surface area (Å²) in [6.45, 7) is 1.89. The predicted molar refractivity (Wildman–Crippen MR) is 110 cm³/mol. The second-order valence-corrected chi connectivity index (χ2v) is 7.30. The first-order valence-electron chi connectivity index (χ1n) is 9.67. The average Bonchev–Trinajstić information content (AvgIpc) is 3.29. The Morgan fingerprint density at radius 2 is 1.83 bits per heavy atom. The Morgan fingerprint density at radius 1 is 1.07 bits per heavy atom. The van der Waals surface area contributed by atoms with Crippen LogP contribution in [0.25, 0.3) is 33.9 Å². The zero-order chi connectivity index (χ0) is 19.8. The number of amides is 1. The third-order valence-electron chi connectivity index (χ3n) is 5.09. The number of aromatic nitrogens is 3. The molecule has 4 aromatic rings. The summed E-state index contributed by atoms with van der Waals surface area (Å²) in [6.07, 6.45) is 3.94. The van der Waals surface area contributed by atoms with Crippen molar-refractivity contribution in [3.8, 4) is 33.9 Å². The molecule has 0 spiro atoms.